The fraction of sp³-hybridized carbons (Fsp3) is 0.235. The molecule has 1 aromatic heterocycles. The molecule has 100 valence electrons. The first kappa shape index (κ1) is 12.2. The highest BCUT2D eigenvalue weighted by atomic mass is 79.9. The minimum absolute atomic E-state index is 0.329. The number of fused-ring (bicyclic) bond motifs is 3. The highest BCUT2D eigenvalue weighted by Gasteiger charge is 2.38. The van der Waals surface area contributed by atoms with Crippen molar-refractivity contribution >= 4 is 21.6 Å². The number of allylic oxidation sites excluding steroid dienone is 2. The molecule has 1 aliphatic carbocycles. The van der Waals surface area contributed by atoms with Crippen LogP contribution in [-0.2, 0) is 0 Å². The average molecular weight is 327 g/mol. The monoisotopic (exact) mass is 326 g/mol. The van der Waals surface area contributed by atoms with Gasteiger partial charge in [-0.25, -0.2) is 0 Å². The Morgan fingerprint density at radius 3 is 3.00 bits per heavy atom. The number of pyridine rings is 1. The van der Waals surface area contributed by atoms with Crippen LogP contribution in [0.1, 0.15) is 29.5 Å². The molecule has 3 heteroatoms. The Kier molecular flexibility index (Phi) is 2.88. The quantitative estimate of drug-likeness (QED) is 0.770. The molecule has 2 aromatic rings. The molecule has 2 heterocycles. The van der Waals surface area contributed by atoms with Crippen molar-refractivity contribution in [2.24, 2.45) is 5.92 Å². The Labute approximate surface area is 127 Å². The van der Waals surface area contributed by atoms with E-state index >= 15 is 0 Å². The molecular formula is C17H15BrN2. The summed E-state index contributed by atoms with van der Waals surface area (Å²) in [5.41, 5.74) is 3.90. The third kappa shape index (κ3) is 1.80. The van der Waals surface area contributed by atoms with Crippen LogP contribution in [0.5, 0.6) is 0 Å². The average Bonchev–Trinajstić information content (AvgIpc) is 2.97. The van der Waals surface area contributed by atoms with Crippen molar-refractivity contribution in [1.82, 2.24) is 4.98 Å². The van der Waals surface area contributed by atoms with Gasteiger partial charge in [0.25, 0.3) is 0 Å². The lowest BCUT2D eigenvalue weighted by molar-refractivity contribution is 0.424. The first-order valence-corrected chi connectivity index (χ1v) is 7.75. The van der Waals surface area contributed by atoms with E-state index in [2.05, 4.69) is 62.6 Å². The predicted octanol–water partition coefficient (Wildman–Crippen LogP) is 4.67. The number of nitrogens with zero attached hydrogens (tertiary/aromatic N) is 1. The standard InChI is InChI=1S/C17H15BrN2/c18-15-8-2-7-14-12-5-1-6-13(12)16(20-17(14)15)11-4-3-9-19-10-11/h1-5,7-10,12-13,16,20H,6H2/t12-,13-,16+/m0/s1. The van der Waals surface area contributed by atoms with E-state index in [1.54, 1.807) is 0 Å². The summed E-state index contributed by atoms with van der Waals surface area (Å²) in [6.45, 7) is 0. The fourth-order valence-corrected chi connectivity index (χ4v) is 3.97. The van der Waals surface area contributed by atoms with Gasteiger partial charge in [-0.15, -0.1) is 0 Å². The van der Waals surface area contributed by atoms with Gasteiger partial charge in [-0.1, -0.05) is 30.4 Å². The third-order valence-electron chi connectivity index (χ3n) is 4.39. The van der Waals surface area contributed by atoms with Crippen LogP contribution in [0.2, 0.25) is 0 Å². The zero-order valence-electron chi connectivity index (χ0n) is 11.0. The topological polar surface area (TPSA) is 24.9 Å². The molecule has 1 aliphatic heterocycles. The minimum atomic E-state index is 0.329. The van der Waals surface area contributed by atoms with Gasteiger partial charge in [-0.2, -0.15) is 0 Å². The van der Waals surface area contributed by atoms with Gasteiger partial charge < -0.3 is 5.32 Å². The van der Waals surface area contributed by atoms with Crippen molar-refractivity contribution in [3.8, 4) is 0 Å². The van der Waals surface area contributed by atoms with E-state index in [0.29, 0.717) is 17.9 Å². The third-order valence-corrected chi connectivity index (χ3v) is 5.05. The fourth-order valence-electron chi connectivity index (χ4n) is 3.47. The molecule has 2 aliphatic rings. The first-order chi connectivity index (χ1) is 9.84. The number of hydrogen-bond acceptors (Lipinski definition) is 2. The lowest BCUT2D eigenvalue weighted by Gasteiger charge is -2.37. The lowest BCUT2D eigenvalue weighted by Crippen LogP contribution is -2.29. The Hall–Kier alpha value is -1.61. The van der Waals surface area contributed by atoms with Gasteiger partial charge in [-0.3, -0.25) is 4.98 Å². The van der Waals surface area contributed by atoms with E-state index in [4.69, 9.17) is 0 Å². The van der Waals surface area contributed by atoms with Gasteiger partial charge in [-0.05, 0) is 51.5 Å². The maximum atomic E-state index is 4.28. The van der Waals surface area contributed by atoms with Crippen LogP contribution in [-0.4, -0.2) is 4.98 Å². The number of hydrogen-bond donors (Lipinski definition) is 1. The van der Waals surface area contributed by atoms with Crippen molar-refractivity contribution in [3.63, 3.8) is 0 Å². The largest absolute Gasteiger partial charge is 0.377 e. The van der Waals surface area contributed by atoms with E-state index in [9.17, 15) is 0 Å². The summed E-state index contributed by atoms with van der Waals surface area (Å²) in [7, 11) is 0. The van der Waals surface area contributed by atoms with Gasteiger partial charge in [0.2, 0.25) is 0 Å². The van der Waals surface area contributed by atoms with Gasteiger partial charge in [0.15, 0.2) is 0 Å². The number of para-hydroxylation sites is 1. The van der Waals surface area contributed by atoms with Crippen LogP contribution < -0.4 is 5.32 Å². The summed E-state index contributed by atoms with van der Waals surface area (Å²) in [6, 6.07) is 11.0. The Balaban J connectivity index is 1.83. The van der Waals surface area contributed by atoms with E-state index in [0.717, 1.165) is 10.9 Å². The molecule has 0 unspecified atom stereocenters. The van der Waals surface area contributed by atoms with Crippen molar-refractivity contribution in [1.29, 1.82) is 0 Å². The minimum Gasteiger partial charge on any atom is -0.377 e. The molecule has 1 aromatic carbocycles. The molecule has 0 fully saturated rings. The normalized spacial score (nSPS) is 26.8. The highest BCUT2D eigenvalue weighted by Crippen LogP contribution is 2.51. The van der Waals surface area contributed by atoms with Crippen molar-refractivity contribution in [3.05, 3.63) is 70.5 Å². The first-order valence-electron chi connectivity index (χ1n) is 6.96. The maximum Gasteiger partial charge on any atom is 0.0569 e. The van der Waals surface area contributed by atoms with E-state index < -0.39 is 0 Å². The van der Waals surface area contributed by atoms with Crippen molar-refractivity contribution < 1.29 is 0 Å². The summed E-state index contributed by atoms with van der Waals surface area (Å²) in [4.78, 5) is 4.28. The summed E-state index contributed by atoms with van der Waals surface area (Å²) >= 11 is 3.68. The molecular weight excluding hydrogens is 312 g/mol. The molecule has 0 spiro atoms. The molecule has 0 amide bonds. The van der Waals surface area contributed by atoms with Crippen LogP contribution in [0.3, 0.4) is 0 Å². The summed E-state index contributed by atoms with van der Waals surface area (Å²) in [5.74, 6) is 1.09. The molecule has 0 radical (unpaired) electrons. The molecule has 0 bridgehead atoms. The molecule has 3 atom stereocenters. The van der Waals surface area contributed by atoms with Gasteiger partial charge >= 0.3 is 0 Å². The van der Waals surface area contributed by atoms with Crippen molar-refractivity contribution in [2.75, 3.05) is 5.32 Å². The molecule has 2 nitrogen and oxygen atoms in total. The van der Waals surface area contributed by atoms with Crippen LogP contribution in [0.15, 0.2) is 59.4 Å². The second-order valence-electron chi connectivity index (χ2n) is 5.47. The molecule has 0 saturated carbocycles. The highest BCUT2D eigenvalue weighted by molar-refractivity contribution is 9.10. The van der Waals surface area contributed by atoms with Crippen LogP contribution in [0.4, 0.5) is 5.69 Å². The number of halogens is 1. The van der Waals surface area contributed by atoms with Gasteiger partial charge in [0.05, 0.1) is 11.7 Å². The summed E-state index contributed by atoms with van der Waals surface area (Å²) in [5, 5.41) is 3.73. The van der Waals surface area contributed by atoms with Crippen LogP contribution >= 0.6 is 15.9 Å². The maximum absolute atomic E-state index is 4.28. The van der Waals surface area contributed by atoms with Gasteiger partial charge in [0.1, 0.15) is 0 Å². The lowest BCUT2D eigenvalue weighted by atomic mass is 9.77. The zero-order valence-corrected chi connectivity index (χ0v) is 12.5. The Morgan fingerprint density at radius 1 is 1.20 bits per heavy atom. The molecule has 0 saturated heterocycles. The van der Waals surface area contributed by atoms with E-state index in [1.165, 1.54) is 16.8 Å². The SMILES string of the molecule is Brc1cccc2c1N[C@H](c1cccnc1)[C@H]1CC=C[C@H]21. The zero-order chi connectivity index (χ0) is 13.5. The Bertz CT molecular complexity index is 666. The second-order valence-corrected chi connectivity index (χ2v) is 6.32. The number of nitrogens with one attached hydrogen (secondary N) is 1. The van der Waals surface area contributed by atoms with Crippen LogP contribution in [0, 0.1) is 5.92 Å². The van der Waals surface area contributed by atoms with E-state index in [1.807, 2.05) is 18.5 Å². The molecule has 1 N–H and O–H groups in total. The number of benzene rings is 1. The molecule has 20 heavy (non-hydrogen) atoms. The smallest absolute Gasteiger partial charge is 0.0569 e. The number of anilines is 1. The number of rotatable bonds is 1. The summed E-state index contributed by atoms with van der Waals surface area (Å²) in [6.07, 6.45) is 9.62. The molecule has 4 rings (SSSR count). The number of aromatic nitrogens is 1. The van der Waals surface area contributed by atoms with Crippen LogP contribution in [0.25, 0.3) is 0 Å². The van der Waals surface area contributed by atoms with E-state index in [-0.39, 0.29) is 0 Å². The van der Waals surface area contributed by atoms with Gasteiger partial charge in [0, 0.05) is 22.8 Å². The van der Waals surface area contributed by atoms with Crippen molar-refractivity contribution in [2.45, 2.75) is 18.4 Å². The Morgan fingerprint density at radius 2 is 2.15 bits per heavy atom. The second kappa shape index (κ2) is 4.74. The summed E-state index contributed by atoms with van der Waals surface area (Å²) < 4.78 is 1.14. The predicted molar refractivity (Wildman–Crippen MR) is 84.7 cm³/mol.